The summed E-state index contributed by atoms with van der Waals surface area (Å²) in [6.07, 6.45) is 7.14. The van der Waals surface area contributed by atoms with Gasteiger partial charge in [-0.25, -0.2) is 0 Å². The van der Waals surface area contributed by atoms with Crippen LogP contribution in [0.2, 0.25) is 0 Å². The second-order valence-corrected chi connectivity index (χ2v) is 5.43. The summed E-state index contributed by atoms with van der Waals surface area (Å²) in [6, 6.07) is 0.905. The van der Waals surface area contributed by atoms with E-state index in [1.807, 2.05) is 0 Å². The Kier molecular flexibility index (Phi) is 3.20. The summed E-state index contributed by atoms with van der Waals surface area (Å²) < 4.78 is 0. The maximum Gasteiger partial charge on any atom is 0.0170 e. The van der Waals surface area contributed by atoms with Crippen molar-refractivity contribution in [3.05, 3.63) is 0 Å². The maximum atomic E-state index is 4.67. The summed E-state index contributed by atoms with van der Waals surface area (Å²) in [5.74, 6) is 0.820. The molecule has 2 aliphatic rings. The number of nitrogens with zero attached hydrogens (tertiary/aromatic N) is 1. The Morgan fingerprint density at radius 3 is 2.46 bits per heavy atom. The van der Waals surface area contributed by atoms with Crippen LogP contribution in [-0.2, 0) is 0 Å². The lowest BCUT2D eigenvalue weighted by molar-refractivity contribution is 0.145. The first-order valence-electron chi connectivity index (χ1n) is 5.69. The molecule has 1 saturated heterocycles. The number of piperidine rings is 1. The van der Waals surface area contributed by atoms with Gasteiger partial charge < -0.3 is 0 Å². The van der Waals surface area contributed by atoms with Crippen LogP contribution in [0.25, 0.3) is 0 Å². The van der Waals surface area contributed by atoms with Crippen molar-refractivity contribution in [1.82, 2.24) is 4.90 Å². The van der Waals surface area contributed by atoms with Gasteiger partial charge in [-0.05, 0) is 31.7 Å². The minimum atomic E-state index is 0.620. The van der Waals surface area contributed by atoms with Gasteiger partial charge in [0, 0.05) is 17.8 Å². The zero-order chi connectivity index (χ0) is 9.26. The van der Waals surface area contributed by atoms with Crippen LogP contribution in [0.4, 0.5) is 0 Å². The summed E-state index contributed by atoms with van der Waals surface area (Å²) in [7, 11) is 0. The predicted octanol–water partition coefficient (Wildman–Crippen LogP) is 2.57. The van der Waals surface area contributed by atoms with Crippen LogP contribution in [-0.4, -0.2) is 29.3 Å². The van der Waals surface area contributed by atoms with E-state index < -0.39 is 0 Å². The van der Waals surface area contributed by atoms with Gasteiger partial charge in [0.25, 0.3) is 0 Å². The van der Waals surface area contributed by atoms with Gasteiger partial charge in [0.15, 0.2) is 0 Å². The van der Waals surface area contributed by atoms with E-state index in [1.165, 1.54) is 45.2 Å². The van der Waals surface area contributed by atoms with Gasteiger partial charge in [0.2, 0.25) is 0 Å². The Bertz CT molecular complexity index is 165. The van der Waals surface area contributed by atoms with Crippen LogP contribution in [0.1, 0.15) is 39.0 Å². The van der Waals surface area contributed by atoms with Crippen LogP contribution in [0.15, 0.2) is 0 Å². The van der Waals surface area contributed by atoms with E-state index in [4.69, 9.17) is 0 Å². The maximum absolute atomic E-state index is 4.67. The molecular weight excluding hydrogens is 178 g/mol. The molecule has 0 amide bonds. The molecule has 0 aromatic rings. The highest BCUT2D eigenvalue weighted by atomic mass is 32.1. The smallest absolute Gasteiger partial charge is 0.0170 e. The van der Waals surface area contributed by atoms with Crippen LogP contribution in [0.5, 0.6) is 0 Å². The highest BCUT2D eigenvalue weighted by Crippen LogP contribution is 2.29. The molecule has 13 heavy (non-hydrogen) atoms. The minimum absolute atomic E-state index is 0.620. The SMILES string of the molecule is C[C@@H]1CCN(C2CCCC2)C[C@@H]1S. The van der Waals surface area contributed by atoms with Gasteiger partial charge in [-0.3, -0.25) is 4.90 Å². The standard InChI is InChI=1S/C11H21NS/c1-9-6-7-12(8-11(9)13)10-4-2-3-5-10/h9-11,13H,2-8H2,1H3/t9-,11+/m1/s1. The molecule has 2 fully saturated rings. The number of hydrogen-bond acceptors (Lipinski definition) is 2. The first kappa shape index (κ1) is 9.85. The van der Waals surface area contributed by atoms with E-state index in [2.05, 4.69) is 24.5 Å². The molecule has 0 aromatic carbocycles. The third-order valence-electron chi connectivity index (χ3n) is 3.79. The van der Waals surface area contributed by atoms with Crippen molar-refractivity contribution in [2.45, 2.75) is 50.3 Å². The molecule has 1 aliphatic carbocycles. The van der Waals surface area contributed by atoms with E-state index >= 15 is 0 Å². The van der Waals surface area contributed by atoms with Crippen LogP contribution in [0, 0.1) is 5.92 Å². The second kappa shape index (κ2) is 4.22. The van der Waals surface area contributed by atoms with E-state index in [-0.39, 0.29) is 0 Å². The third kappa shape index (κ3) is 2.21. The monoisotopic (exact) mass is 199 g/mol. The third-order valence-corrected chi connectivity index (χ3v) is 4.46. The molecule has 1 nitrogen and oxygen atoms in total. The molecule has 2 rings (SSSR count). The first-order chi connectivity index (χ1) is 6.27. The topological polar surface area (TPSA) is 3.24 Å². The Balaban J connectivity index is 1.87. The molecule has 76 valence electrons. The van der Waals surface area contributed by atoms with Crippen molar-refractivity contribution in [3.8, 4) is 0 Å². The van der Waals surface area contributed by atoms with E-state index in [9.17, 15) is 0 Å². The Labute approximate surface area is 87.3 Å². The van der Waals surface area contributed by atoms with E-state index in [0.717, 1.165) is 12.0 Å². The molecular formula is C11H21NS. The average Bonchev–Trinajstić information content (AvgIpc) is 2.62. The molecule has 0 aromatic heterocycles. The largest absolute Gasteiger partial charge is 0.299 e. The first-order valence-corrected chi connectivity index (χ1v) is 6.21. The summed E-state index contributed by atoms with van der Waals surface area (Å²) in [4.78, 5) is 2.69. The number of rotatable bonds is 1. The van der Waals surface area contributed by atoms with E-state index in [0.29, 0.717) is 5.25 Å². The van der Waals surface area contributed by atoms with Crippen LogP contribution < -0.4 is 0 Å². The van der Waals surface area contributed by atoms with Crippen molar-refractivity contribution >= 4 is 12.6 Å². The van der Waals surface area contributed by atoms with Crippen LogP contribution in [0.3, 0.4) is 0 Å². The van der Waals surface area contributed by atoms with Crippen LogP contribution >= 0.6 is 12.6 Å². The van der Waals surface area contributed by atoms with Crippen molar-refractivity contribution in [1.29, 1.82) is 0 Å². The summed E-state index contributed by atoms with van der Waals surface area (Å²) in [6.45, 7) is 4.89. The molecule has 1 heterocycles. The average molecular weight is 199 g/mol. The second-order valence-electron chi connectivity index (χ2n) is 4.77. The Hall–Kier alpha value is 0.310. The van der Waals surface area contributed by atoms with Crippen molar-refractivity contribution in [3.63, 3.8) is 0 Å². The fourth-order valence-corrected chi connectivity index (χ4v) is 3.03. The molecule has 2 heteroatoms. The normalized spacial score (nSPS) is 38.3. The van der Waals surface area contributed by atoms with Crippen molar-refractivity contribution < 1.29 is 0 Å². The fraction of sp³-hybridized carbons (Fsp3) is 1.00. The van der Waals surface area contributed by atoms with Gasteiger partial charge in [0.1, 0.15) is 0 Å². The lowest BCUT2D eigenvalue weighted by Crippen LogP contribution is -2.45. The number of thiol groups is 1. The molecule has 1 saturated carbocycles. The quantitative estimate of drug-likeness (QED) is 0.635. The van der Waals surface area contributed by atoms with Gasteiger partial charge in [-0.1, -0.05) is 19.8 Å². The Morgan fingerprint density at radius 1 is 1.15 bits per heavy atom. The molecule has 0 radical (unpaired) electrons. The van der Waals surface area contributed by atoms with Gasteiger partial charge in [-0.2, -0.15) is 12.6 Å². The highest BCUT2D eigenvalue weighted by molar-refractivity contribution is 7.81. The summed E-state index contributed by atoms with van der Waals surface area (Å²) in [5, 5.41) is 0.620. The predicted molar refractivity (Wildman–Crippen MR) is 60.4 cm³/mol. The van der Waals surface area contributed by atoms with Crippen molar-refractivity contribution in [2.75, 3.05) is 13.1 Å². The number of likely N-dealkylation sites (tertiary alicyclic amines) is 1. The molecule has 0 unspecified atom stereocenters. The molecule has 1 aliphatic heterocycles. The molecule has 0 spiro atoms. The lowest BCUT2D eigenvalue weighted by atomic mass is 9.97. The van der Waals surface area contributed by atoms with Gasteiger partial charge >= 0.3 is 0 Å². The summed E-state index contributed by atoms with van der Waals surface area (Å²) >= 11 is 4.67. The summed E-state index contributed by atoms with van der Waals surface area (Å²) in [5.41, 5.74) is 0. The Morgan fingerprint density at radius 2 is 1.85 bits per heavy atom. The lowest BCUT2D eigenvalue weighted by Gasteiger charge is -2.38. The van der Waals surface area contributed by atoms with Gasteiger partial charge in [-0.15, -0.1) is 0 Å². The zero-order valence-electron chi connectivity index (χ0n) is 8.58. The van der Waals surface area contributed by atoms with Gasteiger partial charge in [0.05, 0.1) is 0 Å². The highest BCUT2D eigenvalue weighted by Gasteiger charge is 2.29. The fourth-order valence-electron chi connectivity index (χ4n) is 2.67. The van der Waals surface area contributed by atoms with Crippen molar-refractivity contribution in [2.24, 2.45) is 5.92 Å². The van der Waals surface area contributed by atoms with E-state index in [1.54, 1.807) is 0 Å². The number of hydrogen-bond donors (Lipinski definition) is 1. The molecule has 2 atom stereocenters. The molecule has 0 bridgehead atoms. The minimum Gasteiger partial charge on any atom is -0.299 e. The molecule has 0 N–H and O–H groups in total. The zero-order valence-corrected chi connectivity index (χ0v) is 9.47.